The molecule has 0 spiro atoms. The molecular weight excluding hydrogens is 642 g/mol. The first-order valence-corrected chi connectivity index (χ1v) is 19.9. The summed E-state index contributed by atoms with van der Waals surface area (Å²) in [7, 11) is -3.76. The van der Waals surface area contributed by atoms with Gasteiger partial charge in [-0.2, -0.15) is 4.63 Å². The largest absolute Gasteiger partial charge is 0.325 e. The number of aromatic nitrogens is 4. The Bertz CT molecular complexity index is 1690. The van der Waals surface area contributed by atoms with Crippen LogP contribution in [0.15, 0.2) is 54.6 Å². The van der Waals surface area contributed by atoms with Crippen LogP contribution in [0, 0.1) is 0 Å². The van der Waals surface area contributed by atoms with Crippen molar-refractivity contribution < 1.29 is 13.2 Å². The fraction of sp³-hybridized carbons (Fsp3) is 0.553. The van der Waals surface area contributed by atoms with Gasteiger partial charge >= 0.3 is 0 Å². The number of benzene rings is 2. The summed E-state index contributed by atoms with van der Waals surface area (Å²) in [5.41, 5.74) is 2.75. The topological polar surface area (TPSA) is 109 Å². The third-order valence-electron chi connectivity index (χ3n) is 8.86. The quantitative estimate of drug-likeness (QED) is 0.0894. The molecule has 1 amide bonds. The van der Waals surface area contributed by atoms with Crippen molar-refractivity contribution in [2.75, 3.05) is 11.1 Å². The minimum absolute atomic E-state index is 0.0278. The van der Waals surface area contributed by atoms with E-state index in [-0.39, 0.29) is 11.2 Å². The maximum Gasteiger partial charge on any atom is 0.247 e. The van der Waals surface area contributed by atoms with E-state index in [1.807, 2.05) is 12.1 Å². The molecule has 48 heavy (non-hydrogen) atoms. The predicted octanol–water partition coefficient (Wildman–Crippen LogP) is 10.3. The number of sulfone groups is 1. The molecule has 262 valence electrons. The summed E-state index contributed by atoms with van der Waals surface area (Å²) in [4.78, 5) is 18.3. The number of hydrogen-bond donors (Lipinski definition) is 2. The number of nitrogens with one attached hydrogen (secondary N) is 2. The first-order valence-electron chi connectivity index (χ1n) is 17.8. The minimum Gasteiger partial charge on any atom is -0.325 e. The molecule has 4 rings (SSSR count). The summed E-state index contributed by atoms with van der Waals surface area (Å²) in [6.07, 6.45) is 16.7. The third kappa shape index (κ3) is 10.7. The highest BCUT2D eigenvalue weighted by Crippen LogP contribution is 2.32. The number of rotatable bonds is 20. The molecule has 0 aliphatic carbocycles. The van der Waals surface area contributed by atoms with Gasteiger partial charge in [-0.3, -0.25) is 9.89 Å². The Hall–Kier alpha value is -3.17. The van der Waals surface area contributed by atoms with E-state index in [1.54, 1.807) is 47.1 Å². The van der Waals surface area contributed by atoms with E-state index < -0.39 is 21.0 Å². The number of halogens is 1. The second-order valence-corrected chi connectivity index (χ2v) is 16.6. The molecule has 4 aromatic rings. The highest BCUT2D eigenvalue weighted by atomic mass is 35.5. The van der Waals surface area contributed by atoms with E-state index in [2.05, 4.69) is 48.2 Å². The summed E-state index contributed by atoms with van der Waals surface area (Å²) >= 11 is 6.61. The third-order valence-corrected chi connectivity index (χ3v) is 11.3. The van der Waals surface area contributed by atoms with Crippen LogP contribution in [0.3, 0.4) is 0 Å². The van der Waals surface area contributed by atoms with Crippen LogP contribution >= 0.6 is 11.6 Å². The van der Waals surface area contributed by atoms with E-state index in [9.17, 15) is 13.2 Å². The number of carbonyl (C=O) groups excluding carboxylic acids is 1. The summed E-state index contributed by atoms with van der Waals surface area (Å²) in [6, 6.07) is 15.8. The van der Waals surface area contributed by atoms with Crippen molar-refractivity contribution in [2.45, 2.75) is 128 Å². The number of hydrogen-bond acceptors (Lipinski definition) is 5. The molecule has 0 saturated carbocycles. The van der Waals surface area contributed by atoms with Gasteiger partial charge in [-0.15, -0.1) is 5.10 Å². The Morgan fingerprint density at radius 3 is 2.00 bits per heavy atom. The number of carbonyl (C=O) groups is 1. The number of anilines is 1. The van der Waals surface area contributed by atoms with Crippen LogP contribution in [0.25, 0.3) is 17.0 Å². The zero-order chi connectivity index (χ0) is 34.6. The van der Waals surface area contributed by atoms with Crippen molar-refractivity contribution in [3.63, 3.8) is 0 Å². The van der Waals surface area contributed by atoms with Crippen molar-refractivity contribution in [1.29, 1.82) is 0 Å². The molecular formula is C38H54ClN5O3S. The minimum atomic E-state index is -3.76. The molecule has 2 heterocycles. The molecule has 1 atom stereocenters. The van der Waals surface area contributed by atoms with Gasteiger partial charge in [0.2, 0.25) is 5.91 Å². The zero-order valence-corrected chi connectivity index (χ0v) is 30.8. The van der Waals surface area contributed by atoms with E-state index >= 15 is 0 Å². The zero-order valence-electron chi connectivity index (χ0n) is 29.2. The number of amides is 1. The molecule has 2 aromatic heterocycles. The van der Waals surface area contributed by atoms with E-state index in [0.29, 0.717) is 39.7 Å². The first-order chi connectivity index (χ1) is 23.0. The maximum atomic E-state index is 13.7. The van der Waals surface area contributed by atoms with Crippen LogP contribution < -0.4 is 5.32 Å². The Morgan fingerprint density at radius 1 is 0.854 bits per heavy atom. The van der Waals surface area contributed by atoms with Crippen molar-refractivity contribution in [2.24, 2.45) is 0 Å². The second kappa shape index (κ2) is 18.0. The molecule has 0 aliphatic heterocycles. The predicted molar refractivity (Wildman–Crippen MR) is 198 cm³/mol. The van der Waals surface area contributed by atoms with Crippen LogP contribution in [0.4, 0.5) is 5.69 Å². The lowest BCUT2D eigenvalue weighted by atomic mass is 9.92. The maximum absolute atomic E-state index is 13.7. The average molecular weight is 696 g/mol. The normalized spacial score (nSPS) is 12.9. The number of fused-ring (bicyclic) bond motifs is 1. The van der Waals surface area contributed by atoms with Gasteiger partial charge in [0.25, 0.3) is 0 Å². The Balaban J connectivity index is 1.31. The van der Waals surface area contributed by atoms with Crippen molar-refractivity contribution in [3.8, 4) is 11.4 Å². The van der Waals surface area contributed by atoms with Crippen LogP contribution in [0.1, 0.15) is 134 Å². The first kappa shape index (κ1) is 37.6. The van der Waals surface area contributed by atoms with Gasteiger partial charge in [0.15, 0.2) is 26.6 Å². The van der Waals surface area contributed by atoms with Gasteiger partial charge < -0.3 is 5.32 Å². The van der Waals surface area contributed by atoms with E-state index in [1.165, 1.54) is 64.2 Å². The summed E-state index contributed by atoms with van der Waals surface area (Å²) < 4.78 is 28.9. The van der Waals surface area contributed by atoms with Crippen molar-refractivity contribution in [1.82, 2.24) is 19.8 Å². The second-order valence-electron chi connectivity index (χ2n) is 14.0. The summed E-state index contributed by atoms with van der Waals surface area (Å²) in [6.45, 7) is 8.42. The van der Waals surface area contributed by atoms with Gasteiger partial charge in [0.1, 0.15) is 5.02 Å². The molecule has 10 heteroatoms. The summed E-state index contributed by atoms with van der Waals surface area (Å²) in [5.74, 6) is -0.170. The molecule has 2 N–H and O–H groups in total. The average Bonchev–Trinajstić information content (AvgIpc) is 3.61. The van der Waals surface area contributed by atoms with Gasteiger partial charge in [0, 0.05) is 16.7 Å². The van der Waals surface area contributed by atoms with Crippen LogP contribution in [0.2, 0.25) is 5.02 Å². The fourth-order valence-corrected chi connectivity index (χ4v) is 8.37. The standard InChI is InChI=1S/C38H54ClN5O3S/c1-5-6-7-8-9-10-11-12-13-14-15-16-17-21-27-48(46,47)33(29-23-19-18-20-24-29)37(45)40-31-26-22-25-30(28-31)35-41-36-32(39)34(38(2,3)4)42-44(36)43-35/h18-20,22-26,28,33,42H,5-17,21,27H2,1-4H3,(H,40,45). The molecule has 1 unspecified atom stereocenters. The van der Waals surface area contributed by atoms with E-state index in [4.69, 9.17) is 11.6 Å². The SMILES string of the molecule is CCCCCCCCCCCCCCCCS(=O)(=O)C(C(=O)Nc1cccc(-c2nc3c(Cl)c(C(C)(C)C)[nH]n3n2)c1)c1ccccc1. The highest BCUT2D eigenvalue weighted by Gasteiger charge is 2.34. The Labute approximate surface area is 292 Å². The van der Waals surface area contributed by atoms with Crippen LogP contribution in [-0.2, 0) is 20.0 Å². The van der Waals surface area contributed by atoms with Crippen molar-refractivity contribution >= 4 is 38.7 Å². The molecule has 8 nitrogen and oxygen atoms in total. The van der Waals surface area contributed by atoms with Crippen molar-refractivity contribution in [3.05, 3.63) is 70.9 Å². The molecule has 2 aromatic carbocycles. The van der Waals surface area contributed by atoms with E-state index in [0.717, 1.165) is 25.0 Å². The molecule has 0 saturated heterocycles. The molecule has 0 aliphatic rings. The number of unbranched alkanes of at least 4 members (excludes halogenated alkanes) is 13. The molecule has 0 bridgehead atoms. The molecule has 0 fully saturated rings. The molecule has 0 radical (unpaired) electrons. The lowest BCUT2D eigenvalue weighted by Gasteiger charge is -2.18. The van der Waals surface area contributed by atoms with Gasteiger partial charge in [-0.1, -0.05) is 165 Å². The van der Waals surface area contributed by atoms with Crippen LogP contribution in [-0.4, -0.2) is 39.9 Å². The number of aromatic amines is 1. The van der Waals surface area contributed by atoms with Crippen LogP contribution in [0.5, 0.6) is 0 Å². The monoisotopic (exact) mass is 695 g/mol. The van der Waals surface area contributed by atoms with Gasteiger partial charge in [-0.25, -0.2) is 13.4 Å². The smallest absolute Gasteiger partial charge is 0.247 e. The Morgan fingerprint density at radius 2 is 1.44 bits per heavy atom. The lowest BCUT2D eigenvalue weighted by molar-refractivity contribution is -0.115. The lowest BCUT2D eigenvalue weighted by Crippen LogP contribution is -2.29. The Kier molecular flexibility index (Phi) is 14.1. The highest BCUT2D eigenvalue weighted by molar-refractivity contribution is 7.92. The fourth-order valence-electron chi connectivity index (χ4n) is 6.13. The number of H-pyrrole nitrogens is 1. The van der Waals surface area contributed by atoms with Gasteiger partial charge in [-0.05, 0) is 24.1 Å². The van der Waals surface area contributed by atoms with Gasteiger partial charge in [0.05, 0.1) is 11.4 Å². The number of nitrogens with zero attached hydrogens (tertiary/aromatic N) is 3. The summed E-state index contributed by atoms with van der Waals surface area (Å²) in [5, 5.41) is 9.85.